The Morgan fingerprint density at radius 2 is 0.976 bits per heavy atom. The van der Waals surface area contributed by atoms with Crippen LogP contribution >= 0.6 is 0 Å². The van der Waals surface area contributed by atoms with Crippen molar-refractivity contribution in [3.05, 3.63) is 24.3 Å². The Morgan fingerprint density at radius 1 is 0.548 bits per heavy atom. The summed E-state index contributed by atoms with van der Waals surface area (Å²) in [7, 11) is 0. The molecular formula is C37H68O5. The van der Waals surface area contributed by atoms with Crippen LogP contribution in [-0.4, -0.2) is 36.4 Å². The van der Waals surface area contributed by atoms with Gasteiger partial charge in [-0.1, -0.05) is 154 Å². The molecule has 0 saturated heterocycles. The van der Waals surface area contributed by atoms with Crippen molar-refractivity contribution in [2.75, 3.05) is 13.2 Å². The topological polar surface area (TPSA) is 72.8 Å². The summed E-state index contributed by atoms with van der Waals surface area (Å²) >= 11 is 0. The van der Waals surface area contributed by atoms with Crippen molar-refractivity contribution >= 4 is 11.9 Å². The maximum atomic E-state index is 12.1. The van der Waals surface area contributed by atoms with Gasteiger partial charge < -0.3 is 14.6 Å². The van der Waals surface area contributed by atoms with Gasteiger partial charge in [-0.15, -0.1) is 0 Å². The smallest absolute Gasteiger partial charge is 0.306 e. The molecule has 0 aromatic heterocycles. The Labute approximate surface area is 260 Å². The molecule has 246 valence electrons. The molecule has 1 atom stereocenters. The normalized spacial score (nSPS) is 12.4. The first-order chi connectivity index (χ1) is 20.6. The fourth-order valence-electron chi connectivity index (χ4n) is 4.98. The van der Waals surface area contributed by atoms with Crippen LogP contribution in [0.3, 0.4) is 0 Å². The average Bonchev–Trinajstić information content (AvgIpc) is 2.99. The van der Waals surface area contributed by atoms with E-state index in [1.807, 2.05) is 0 Å². The third kappa shape index (κ3) is 31.3. The first kappa shape index (κ1) is 40.4. The molecule has 0 saturated carbocycles. The largest absolute Gasteiger partial charge is 0.462 e. The summed E-state index contributed by atoms with van der Waals surface area (Å²) in [6, 6.07) is 0. The maximum absolute atomic E-state index is 12.1. The first-order valence-electron chi connectivity index (χ1n) is 17.9. The number of hydrogen-bond donors (Lipinski definition) is 1. The lowest BCUT2D eigenvalue weighted by Gasteiger charge is -2.15. The van der Waals surface area contributed by atoms with Gasteiger partial charge in [0.25, 0.3) is 0 Å². The Balaban J connectivity index is 3.58. The fourth-order valence-corrected chi connectivity index (χ4v) is 4.98. The van der Waals surface area contributed by atoms with E-state index in [0.29, 0.717) is 12.8 Å². The van der Waals surface area contributed by atoms with E-state index < -0.39 is 6.10 Å². The van der Waals surface area contributed by atoms with Crippen LogP contribution in [0.1, 0.15) is 181 Å². The van der Waals surface area contributed by atoms with Crippen molar-refractivity contribution < 1.29 is 24.2 Å². The molecule has 0 amide bonds. The van der Waals surface area contributed by atoms with Crippen LogP contribution in [0.25, 0.3) is 0 Å². The standard InChI is InChI=1S/C37H68O5/c1-3-5-7-9-11-13-15-17-19-21-23-25-27-29-31-36(39)41-34-35(33-38)42-37(40)32-30-28-26-24-22-20-18-16-14-12-10-8-6-4-2/h10,12,16,18,35,38H,3-9,11,13-15,17,19-34H2,1-2H3/b12-10-,18-16-/t35-/m0/s1. The molecule has 0 aromatic rings. The summed E-state index contributed by atoms with van der Waals surface area (Å²) in [5.74, 6) is -0.603. The van der Waals surface area contributed by atoms with Crippen LogP contribution in [-0.2, 0) is 19.1 Å². The highest BCUT2D eigenvalue weighted by Crippen LogP contribution is 2.14. The average molecular weight is 593 g/mol. The summed E-state index contributed by atoms with van der Waals surface area (Å²) in [5.41, 5.74) is 0. The molecule has 42 heavy (non-hydrogen) atoms. The SMILES string of the molecule is CCCC/C=C\C/C=C\CCCCCCCC(=O)O[C@@H](CO)COC(=O)CCCCCCCCCCCCCCCC. The minimum Gasteiger partial charge on any atom is -0.462 e. The monoisotopic (exact) mass is 593 g/mol. The molecule has 0 aliphatic carbocycles. The number of allylic oxidation sites excluding steroid dienone is 4. The minimum atomic E-state index is -0.772. The van der Waals surface area contributed by atoms with Crippen molar-refractivity contribution in [2.45, 2.75) is 187 Å². The van der Waals surface area contributed by atoms with Gasteiger partial charge in [-0.05, 0) is 38.5 Å². The van der Waals surface area contributed by atoms with Crippen LogP contribution in [0.15, 0.2) is 24.3 Å². The number of aliphatic hydroxyl groups is 1. The van der Waals surface area contributed by atoms with Gasteiger partial charge in [-0.3, -0.25) is 9.59 Å². The molecule has 0 rings (SSSR count). The Bertz CT molecular complexity index is 642. The van der Waals surface area contributed by atoms with Crippen molar-refractivity contribution in [3.63, 3.8) is 0 Å². The zero-order valence-corrected chi connectivity index (χ0v) is 27.8. The quantitative estimate of drug-likeness (QED) is 0.0478. The van der Waals surface area contributed by atoms with E-state index in [4.69, 9.17) is 9.47 Å². The van der Waals surface area contributed by atoms with E-state index in [2.05, 4.69) is 38.2 Å². The summed E-state index contributed by atoms with van der Waals surface area (Å²) in [6.07, 6.45) is 38.0. The van der Waals surface area contributed by atoms with Crippen LogP contribution < -0.4 is 0 Å². The van der Waals surface area contributed by atoms with Gasteiger partial charge in [-0.25, -0.2) is 0 Å². The van der Waals surface area contributed by atoms with Crippen LogP contribution in [0, 0.1) is 0 Å². The lowest BCUT2D eigenvalue weighted by molar-refractivity contribution is -0.161. The molecule has 0 aliphatic heterocycles. The maximum Gasteiger partial charge on any atom is 0.306 e. The summed E-state index contributed by atoms with van der Waals surface area (Å²) < 4.78 is 10.6. The Morgan fingerprint density at radius 3 is 1.48 bits per heavy atom. The number of rotatable bonds is 32. The van der Waals surface area contributed by atoms with Crippen molar-refractivity contribution in [1.82, 2.24) is 0 Å². The molecule has 0 spiro atoms. The third-order valence-corrected chi connectivity index (χ3v) is 7.75. The molecule has 5 nitrogen and oxygen atoms in total. The number of aliphatic hydroxyl groups excluding tert-OH is 1. The second kappa shape index (κ2) is 33.9. The summed E-state index contributed by atoms with van der Waals surface area (Å²) in [4.78, 5) is 24.1. The lowest BCUT2D eigenvalue weighted by Crippen LogP contribution is -2.28. The van der Waals surface area contributed by atoms with Crippen molar-refractivity contribution in [1.29, 1.82) is 0 Å². The van der Waals surface area contributed by atoms with Gasteiger partial charge in [0.15, 0.2) is 6.10 Å². The molecule has 0 aromatic carbocycles. The van der Waals surface area contributed by atoms with E-state index >= 15 is 0 Å². The van der Waals surface area contributed by atoms with Gasteiger partial charge in [-0.2, -0.15) is 0 Å². The zero-order chi connectivity index (χ0) is 30.8. The van der Waals surface area contributed by atoms with Crippen LogP contribution in [0.4, 0.5) is 0 Å². The fraction of sp³-hybridized carbons (Fsp3) is 0.838. The molecule has 5 heteroatoms. The number of carbonyl (C=O) groups is 2. The van der Waals surface area contributed by atoms with Gasteiger partial charge in [0, 0.05) is 12.8 Å². The predicted molar refractivity (Wildman–Crippen MR) is 178 cm³/mol. The zero-order valence-electron chi connectivity index (χ0n) is 27.8. The summed E-state index contributed by atoms with van der Waals surface area (Å²) in [5, 5.41) is 9.51. The van der Waals surface area contributed by atoms with E-state index in [1.54, 1.807) is 0 Å². The highest BCUT2D eigenvalue weighted by atomic mass is 16.6. The molecule has 0 radical (unpaired) electrons. The van der Waals surface area contributed by atoms with E-state index in [0.717, 1.165) is 51.4 Å². The molecule has 0 fully saturated rings. The first-order valence-corrected chi connectivity index (χ1v) is 17.9. The number of esters is 2. The van der Waals surface area contributed by atoms with Gasteiger partial charge in [0.2, 0.25) is 0 Å². The number of hydrogen-bond acceptors (Lipinski definition) is 5. The molecule has 0 heterocycles. The molecule has 0 aliphatic rings. The van der Waals surface area contributed by atoms with Crippen LogP contribution in [0.5, 0.6) is 0 Å². The highest BCUT2D eigenvalue weighted by molar-refractivity contribution is 5.70. The van der Waals surface area contributed by atoms with Gasteiger partial charge in [0.05, 0.1) is 6.61 Å². The molecule has 0 bridgehead atoms. The third-order valence-electron chi connectivity index (χ3n) is 7.75. The number of carbonyl (C=O) groups excluding carboxylic acids is 2. The predicted octanol–water partition coefficient (Wildman–Crippen LogP) is 10.7. The number of ether oxygens (including phenoxy) is 2. The lowest BCUT2D eigenvalue weighted by atomic mass is 10.0. The van der Waals surface area contributed by atoms with Gasteiger partial charge in [0.1, 0.15) is 6.61 Å². The minimum absolute atomic E-state index is 0.0677. The van der Waals surface area contributed by atoms with Gasteiger partial charge >= 0.3 is 11.9 Å². The molecule has 1 N–H and O–H groups in total. The molecular weight excluding hydrogens is 524 g/mol. The second-order valence-electron chi connectivity index (χ2n) is 12.0. The van der Waals surface area contributed by atoms with Crippen molar-refractivity contribution in [2.24, 2.45) is 0 Å². The van der Waals surface area contributed by atoms with E-state index in [-0.39, 0.29) is 25.2 Å². The Hall–Kier alpha value is -1.62. The van der Waals surface area contributed by atoms with Crippen molar-refractivity contribution in [3.8, 4) is 0 Å². The van der Waals surface area contributed by atoms with E-state index in [9.17, 15) is 14.7 Å². The van der Waals surface area contributed by atoms with E-state index in [1.165, 1.54) is 103 Å². The summed E-state index contributed by atoms with van der Waals surface area (Å²) in [6.45, 7) is 4.08. The highest BCUT2D eigenvalue weighted by Gasteiger charge is 2.16. The number of unbranched alkanes of at least 4 members (excludes halogenated alkanes) is 20. The molecule has 0 unspecified atom stereocenters. The Kier molecular flexibility index (Phi) is 32.6. The second-order valence-corrected chi connectivity index (χ2v) is 12.0. The van der Waals surface area contributed by atoms with Crippen LogP contribution in [0.2, 0.25) is 0 Å².